The Labute approximate surface area is 237 Å². The molecule has 212 valence electrons. The maximum atomic E-state index is 13.3. The minimum absolute atomic E-state index is 0.0122. The number of hydrogen-bond acceptors (Lipinski definition) is 9. The van der Waals surface area contributed by atoms with Crippen molar-refractivity contribution in [3.8, 4) is 10.4 Å². The summed E-state index contributed by atoms with van der Waals surface area (Å²) < 4.78 is 33.4. The number of carbonyl (C=O) groups is 2. The highest BCUT2D eigenvalue weighted by atomic mass is 32.2. The average Bonchev–Trinajstić information content (AvgIpc) is 3.62. The molecule has 11 nitrogen and oxygen atoms in total. The normalized spacial score (nSPS) is 14.9. The molecule has 0 radical (unpaired) electrons. The van der Waals surface area contributed by atoms with Gasteiger partial charge in [-0.25, -0.2) is 23.1 Å². The van der Waals surface area contributed by atoms with Crippen LogP contribution >= 0.6 is 11.3 Å². The molecule has 1 aliphatic carbocycles. The van der Waals surface area contributed by atoms with Gasteiger partial charge in [0.25, 0.3) is 11.8 Å². The highest BCUT2D eigenvalue weighted by Gasteiger charge is 2.35. The van der Waals surface area contributed by atoms with Gasteiger partial charge in [-0.15, -0.1) is 0 Å². The molecule has 0 saturated heterocycles. The molecule has 3 aromatic rings. The molecule has 1 aromatic carbocycles. The molecular formula is C27H32N6O5S2. The lowest BCUT2D eigenvalue weighted by atomic mass is 10.0. The third-order valence-corrected chi connectivity index (χ3v) is 9.68. The summed E-state index contributed by atoms with van der Waals surface area (Å²) in [5, 5.41) is 3.75. The summed E-state index contributed by atoms with van der Waals surface area (Å²) in [5.74, 6) is 1.16. The van der Waals surface area contributed by atoms with Gasteiger partial charge in [-0.05, 0) is 61.7 Å². The standard InChI is InChI=1S/C27H32N6O5S2/c1-16-25(39-27(29-16)31-21-6-5-7-22(30-21)32(3)23(34)15-38-4)18-12-19-14-33(11-10-17-8-9-17)26(35)24(19)20(13-18)40(36,37)28-2/h5-7,12-13,17,28H,8-11,14-15H2,1-4H3,(H,29,30,31). The Hall–Kier alpha value is -3.39. The van der Waals surface area contributed by atoms with E-state index < -0.39 is 10.0 Å². The first-order valence-electron chi connectivity index (χ1n) is 13.0. The zero-order valence-corrected chi connectivity index (χ0v) is 24.5. The van der Waals surface area contributed by atoms with Crippen LogP contribution < -0.4 is 14.9 Å². The molecule has 0 atom stereocenters. The molecule has 2 aliphatic rings. The Morgan fingerprint density at radius 3 is 2.73 bits per heavy atom. The first kappa shape index (κ1) is 28.1. The predicted octanol–water partition coefficient (Wildman–Crippen LogP) is 3.53. The molecule has 13 heteroatoms. The van der Waals surface area contributed by atoms with E-state index >= 15 is 0 Å². The van der Waals surface area contributed by atoms with Crippen LogP contribution in [0.5, 0.6) is 0 Å². The number of likely N-dealkylation sites (N-methyl/N-ethyl adjacent to an activating group) is 1. The van der Waals surface area contributed by atoms with E-state index in [0.29, 0.717) is 52.6 Å². The van der Waals surface area contributed by atoms with E-state index in [4.69, 9.17) is 4.74 Å². The highest BCUT2D eigenvalue weighted by Crippen LogP contribution is 2.40. The van der Waals surface area contributed by atoms with Gasteiger partial charge in [0.1, 0.15) is 18.2 Å². The predicted molar refractivity (Wildman–Crippen MR) is 153 cm³/mol. The van der Waals surface area contributed by atoms with Gasteiger partial charge < -0.3 is 15.0 Å². The second-order valence-electron chi connectivity index (χ2n) is 10.0. The Morgan fingerprint density at radius 2 is 2.02 bits per heavy atom. The smallest absolute Gasteiger partial charge is 0.255 e. The van der Waals surface area contributed by atoms with E-state index in [-0.39, 0.29) is 28.9 Å². The van der Waals surface area contributed by atoms with Crippen molar-refractivity contribution in [2.24, 2.45) is 5.92 Å². The molecule has 0 unspecified atom stereocenters. The minimum Gasteiger partial charge on any atom is -0.375 e. The van der Waals surface area contributed by atoms with Crippen LogP contribution in [0, 0.1) is 12.8 Å². The molecular weight excluding hydrogens is 552 g/mol. The van der Waals surface area contributed by atoms with Crippen molar-refractivity contribution in [1.29, 1.82) is 0 Å². The number of benzene rings is 1. The van der Waals surface area contributed by atoms with Crippen LogP contribution in [0.15, 0.2) is 35.2 Å². The molecule has 2 aromatic heterocycles. The number of aromatic nitrogens is 2. The van der Waals surface area contributed by atoms with Crippen LogP contribution in [0.3, 0.4) is 0 Å². The molecule has 0 bridgehead atoms. The second kappa shape index (κ2) is 11.2. The number of methoxy groups -OCH3 is 1. The number of ether oxygens (including phenoxy) is 1. The molecule has 0 spiro atoms. The number of aryl methyl sites for hydroxylation is 1. The fourth-order valence-corrected chi connectivity index (χ4v) is 6.66. The Balaban J connectivity index is 1.44. The van der Waals surface area contributed by atoms with Gasteiger partial charge >= 0.3 is 0 Å². The van der Waals surface area contributed by atoms with Crippen molar-refractivity contribution in [3.05, 3.63) is 47.2 Å². The molecule has 3 heterocycles. The van der Waals surface area contributed by atoms with E-state index in [1.54, 1.807) is 36.2 Å². The summed E-state index contributed by atoms with van der Waals surface area (Å²) in [7, 11) is 0.545. The molecule has 1 fully saturated rings. The summed E-state index contributed by atoms with van der Waals surface area (Å²) in [4.78, 5) is 38.5. The number of fused-ring (bicyclic) bond motifs is 1. The largest absolute Gasteiger partial charge is 0.375 e. The van der Waals surface area contributed by atoms with Gasteiger partial charge in [-0.1, -0.05) is 30.2 Å². The SMILES string of the molecule is CNS(=O)(=O)c1cc(-c2sc(Nc3cccc(N(C)C(=O)COC)n3)nc2C)cc2c1C(=O)N(CCC1CC1)C2. The van der Waals surface area contributed by atoms with E-state index in [1.807, 2.05) is 13.0 Å². The number of carbonyl (C=O) groups excluding carboxylic acids is 2. The average molecular weight is 585 g/mol. The minimum atomic E-state index is -3.89. The van der Waals surface area contributed by atoms with Gasteiger partial charge in [0.15, 0.2) is 5.13 Å². The van der Waals surface area contributed by atoms with Gasteiger partial charge in [-0.3, -0.25) is 14.5 Å². The third kappa shape index (κ3) is 5.73. The van der Waals surface area contributed by atoms with Crippen LogP contribution in [0.1, 0.15) is 40.9 Å². The maximum Gasteiger partial charge on any atom is 0.255 e. The second-order valence-corrected chi connectivity index (χ2v) is 12.9. The van der Waals surface area contributed by atoms with Crippen molar-refractivity contribution in [2.45, 2.75) is 37.6 Å². The molecule has 2 amide bonds. The number of hydrogen-bond donors (Lipinski definition) is 2. The van der Waals surface area contributed by atoms with Crippen molar-refractivity contribution >= 4 is 49.9 Å². The van der Waals surface area contributed by atoms with Crippen LogP contribution in [0.4, 0.5) is 16.8 Å². The van der Waals surface area contributed by atoms with Crippen molar-refractivity contribution in [3.63, 3.8) is 0 Å². The van der Waals surface area contributed by atoms with Gasteiger partial charge in [0.05, 0.1) is 21.0 Å². The Bertz CT molecular complexity index is 1570. The lowest BCUT2D eigenvalue weighted by Gasteiger charge is -2.16. The summed E-state index contributed by atoms with van der Waals surface area (Å²) in [5.41, 5.74) is 2.34. The maximum absolute atomic E-state index is 13.3. The number of nitrogens with zero attached hydrogens (tertiary/aromatic N) is 4. The van der Waals surface area contributed by atoms with E-state index in [2.05, 4.69) is 20.0 Å². The number of nitrogens with one attached hydrogen (secondary N) is 2. The first-order chi connectivity index (χ1) is 19.1. The van der Waals surface area contributed by atoms with Crippen molar-refractivity contribution in [1.82, 2.24) is 19.6 Å². The Morgan fingerprint density at radius 1 is 1.25 bits per heavy atom. The fraction of sp³-hybridized carbons (Fsp3) is 0.407. The monoisotopic (exact) mass is 584 g/mol. The zero-order chi connectivity index (χ0) is 28.6. The first-order valence-corrected chi connectivity index (χ1v) is 15.3. The number of thiazole rings is 1. The third-order valence-electron chi connectivity index (χ3n) is 7.12. The summed E-state index contributed by atoms with van der Waals surface area (Å²) >= 11 is 1.36. The van der Waals surface area contributed by atoms with Crippen LogP contribution in [-0.2, 0) is 26.1 Å². The molecule has 1 saturated carbocycles. The number of anilines is 3. The van der Waals surface area contributed by atoms with Crippen molar-refractivity contribution < 1.29 is 22.7 Å². The summed E-state index contributed by atoms with van der Waals surface area (Å²) in [6, 6.07) is 8.74. The summed E-state index contributed by atoms with van der Waals surface area (Å²) in [6.07, 6.45) is 3.33. The van der Waals surface area contributed by atoms with Gasteiger partial charge in [-0.2, -0.15) is 0 Å². The molecule has 40 heavy (non-hydrogen) atoms. The Kier molecular flexibility index (Phi) is 7.91. The number of rotatable bonds is 11. The number of sulfonamides is 1. The molecule has 5 rings (SSSR count). The van der Waals surface area contributed by atoms with Crippen LogP contribution in [0.2, 0.25) is 0 Å². The van der Waals surface area contributed by atoms with Gasteiger partial charge in [0, 0.05) is 27.2 Å². The lowest BCUT2D eigenvalue weighted by Crippen LogP contribution is -2.30. The molecule has 1 aliphatic heterocycles. The highest BCUT2D eigenvalue weighted by molar-refractivity contribution is 7.89. The zero-order valence-electron chi connectivity index (χ0n) is 22.9. The number of pyridine rings is 1. The van der Waals surface area contributed by atoms with Gasteiger partial charge in [0.2, 0.25) is 10.0 Å². The van der Waals surface area contributed by atoms with Crippen LogP contribution in [0.25, 0.3) is 10.4 Å². The van der Waals surface area contributed by atoms with Crippen molar-refractivity contribution in [2.75, 3.05) is 44.6 Å². The van der Waals surface area contributed by atoms with E-state index in [1.165, 1.54) is 43.2 Å². The lowest BCUT2D eigenvalue weighted by molar-refractivity contribution is -0.121. The number of amides is 2. The quantitative estimate of drug-likeness (QED) is 0.350. The fourth-order valence-electron chi connectivity index (χ4n) is 4.71. The molecule has 2 N–H and O–H groups in total. The van der Waals surface area contributed by atoms with E-state index in [0.717, 1.165) is 11.3 Å². The summed E-state index contributed by atoms with van der Waals surface area (Å²) in [6.45, 7) is 2.81. The van der Waals surface area contributed by atoms with Crippen LogP contribution in [-0.4, -0.2) is 69.5 Å². The topological polar surface area (TPSA) is 134 Å². The van der Waals surface area contributed by atoms with E-state index in [9.17, 15) is 18.0 Å².